The lowest BCUT2D eigenvalue weighted by molar-refractivity contribution is -0.176. The zero-order valence-electron chi connectivity index (χ0n) is 23.2. The quantitative estimate of drug-likeness (QED) is 0.221. The highest BCUT2D eigenvalue weighted by molar-refractivity contribution is 7.97. The highest BCUT2D eigenvalue weighted by Gasteiger charge is 2.45. The van der Waals surface area contributed by atoms with Gasteiger partial charge in [0.1, 0.15) is 24.6 Å². The van der Waals surface area contributed by atoms with Crippen LogP contribution >= 0.6 is 23.5 Å². The normalized spacial score (nSPS) is 32.5. The van der Waals surface area contributed by atoms with Gasteiger partial charge in [-0.3, -0.25) is 24.3 Å². The van der Waals surface area contributed by atoms with Crippen LogP contribution in [0.5, 0.6) is 5.75 Å². The van der Waals surface area contributed by atoms with Crippen molar-refractivity contribution in [2.24, 2.45) is 5.92 Å². The number of hydrogen-bond donors (Lipinski definition) is 3. The first-order valence-corrected chi connectivity index (χ1v) is 16.7. The third-order valence-electron chi connectivity index (χ3n) is 8.84. The Morgan fingerprint density at radius 1 is 1.10 bits per heavy atom. The van der Waals surface area contributed by atoms with E-state index in [1.165, 1.54) is 18.4 Å². The van der Waals surface area contributed by atoms with Gasteiger partial charge in [0.2, 0.25) is 0 Å². The van der Waals surface area contributed by atoms with E-state index in [0.717, 1.165) is 60.9 Å². The maximum atomic E-state index is 13.2. The minimum absolute atomic E-state index is 0.0599. The van der Waals surface area contributed by atoms with E-state index in [0.29, 0.717) is 35.8 Å². The summed E-state index contributed by atoms with van der Waals surface area (Å²) in [6.07, 6.45) is 5.05. The summed E-state index contributed by atoms with van der Waals surface area (Å²) in [5.74, 6) is 0.881. The average Bonchev–Trinajstić information content (AvgIpc) is 3.15. The molecule has 2 fully saturated rings. The van der Waals surface area contributed by atoms with Gasteiger partial charge in [-0.25, -0.2) is 4.21 Å². The van der Waals surface area contributed by atoms with Crippen molar-refractivity contribution in [2.45, 2.75) is 54.0 Å². The highest BCUT2D eigenvalue weighted by atomic mass is 35.5. The van der Waals surface area contributed by atoms with Crippen LogP contribution in [0.1, 0.15) is 36.8 Å². The summed E-state index contributed by atoms with van der Waals surface area (Å²) in [4.78, 5) is 15.5. The summed E-state index contributed by atoms with van der Waals surface area (Å²) in [5, 5.41) is 13.3. The zero-order chi connectivity index (χ0) is 29.3. The van der Waals surface area contributed by atoms with Crippen LogP contribution in [0.25, 0.3) is 0 Å². The van der Waals surface area contributed by atoms with Crippen LogP contribution in [0.15, 0.2) is 41.3 Å². The fourth-order valence-corrected chi connectivity index (χ4v) is 8.96. The molecule has 1 saturated heterocycles. The van der Waals surface area contributed by atoms with E-state index in [4.69, 9.17) is 36.3 Å². The van der Waals surface area contributed by atoms with Crippen LogP contribution in [-0.4, -0.2) is 82.3 Å². The lowest BCUT2D eigenvalue weighted by Gasteiger charge is -2.45. The number of nitrogens with zero attached hydrogens (tertiary/aromatic N) is 2. The smallest absolute Gasteiger partial charge is 0.257 e. The highest BCUT2D eigenvalue weighted by Crippen LogP contribution is 2.46. The van der Waals surface area contributed by atoms with Gasteiger partial charge in [0, 0.05) is 29.9 Å². The molecular weight excluding hydrogens is 602 g/mol. The molecule has 6 aliphatic rings. The van der Waals surface area contributed by atoms with Crippen LogP contribution in [0.3, 0.4) is 0 Å². The summed E-state index contributed by atoms with van der Waals surface area (Å²) < 4.78 is 37.3. The monoisotopic (exact) mass is 637 g/mol. The predicted octanol–water partition coefficient (Wildman–Crippen LogP) is 4.08. The SMILES string of the molecule is O=C1COC2CCN(CC2)SC2CCC2CN2C[C@]3(COc4ccc(cc42)S(=O)N1)OCCc1cc(Cl)ccc13.OO. The van der Waals surface area contributed by atoms with E-state index in [2.05, 4.69) is 20.0 Å². The van der Waals surface area contributed by atoms with Crippen LogP contribution in [0.4, 0.5) is 5.69 Å². The van der Waals surface area contributed by atoms with Gasteiger partial charge in [-0.15, -0.1) is 0 Å². The molecule has 3 N–H and O–H groups in total. The number of halogens is 1. The number of benzene rings is 2. The van der Waals surface area contributed by atoms with Crippen molar-refractivity contribution >= 4 is 46.1 Å². The standard InChI is InChI=1S/C29H34ClN3O5S2.H2O2/c30-21-2-4-24-19(13-21)9-12-38-29(24)17-32-15-20-1-6-27(20)39-33-10-7-22(8-11-33)36-16-28(34)31-40(35)23-3-5-26(37-18-29)25(32)14-23;1-2/h2-5,13-14,20,22,27H,1,6-12,15-18H2,(H,31,34);1-2H/t20?,27?,29-,40?;/m1./s1. The second kappa shape index (κ2) is 13.0. The molecule has 4 atom stereocenters. The van der Waals surface area contributed by atoms with Crippen LogP contribution in [0, 0.1) is 5.92 Å². The summed E-state index contributed by atoms with van der Waals surface area (Å²) in [7, 11) is -1.71. The summed E-state index contributed by atoms with van der Waals surface area (Å²) in [5.41, 5.74) is 2.57. The Morgan fingerprint density at radius 3 is 2.71 bits per heavy atom. The van der Waals surface area contributed by atoms with Crippen LogP contribution in [0.2, 0.25) is 5.02 Å². The molecule has 1 spiro atoms. The molecule has 10 nitrogen and oxygen atoms in total. The molecule has 0 aromatic heterocycles. The van der Waals surface area contributed by atoms with E-state index < -0.39 is 16.6 Å². The molecule has 13 heteroatoms. The largest absolute Gasteiger partial charge is 0.488 e. The predicted molar refractivity (Wildman–Crippen MR) is 161 cm³/mol. The van der Waals surface area contributed by atoms with E-state index >= 15 is 0 Å². The zero-order valence-corrected chi connectivity index (χ0v) is 25.6. The molecule has 8 rings (SSSR count). The first-order valence-electron chi connectivity index (χ1n) is 14.3. The van der Waals surface area contributed by atoms with Crippen LogP contribution < -0.4 is 14.4 Å². The number of carbonyl (C=O) groups is 1. The number of amides is 1. The van der Waals surface area contributed by atoms with E-state index in [-0.39, 0.29) is 18.6 Å². The molecule has 2 aromatic carbocycles. The second-order valence-electron chi connectivity index (χ2n) is 11.4. The molecule has 5 aliphatic heterocycles. The second-order valence-corrected chi connectivity index (χ2v) is 14.4. The molecule has 1 amide bonds. The van der Waals surface area contributed by atoms with Gasteiger partial charge in [-0.2, -0.15) is 0 Å². The number of rotatable bonds is 0. The number of nitrogens with one attached hydrogen (secondary N) is 1. The number of fused-ring (bicyclic) bond motifs is 8. The number of hydrogen-bond acceptors (Lipinski definition) is 10. The van der Waals surface area contributed by atoms with Gasteiger partial charge in [0.15, 0.2) is 11.0 Å². The van der Waals surface area contributed by atoms with Crippen molar-refractivity contribution < 1.29 is 33.7 Å². The number of anilines is 1. The minimum Gasteiger partial charge on any atom is -0.488 e. The minimum atomic E-state index is -1.71. The summed E-state index contributed by atoms with van der Waals surface area (Å²) in [6, 6.07) is 11.6. The maximum absolute atomic E-state index is 13.2. The van der Waals surface area contributed by atoms with Crippen molar-refractivity contribution in [1.29, 1.82) is 0 Å². The summed E-state index contributed by atoms with van der Waals surface area (Å²) in [6.45, 7) is 4.25. The van der Waals surface area contributed by atoms with Crippen molar-refractivity contribution in [3.63, 3.8) is 0 Å². The van der Waals surface area contributed by atoms with Gasteiger partial charge < -0.3 is 19.1 Å². The van der Waals surface area contributed by atoms with E-state index in [1.807, 2.05) is 36.2 Å². The molecular formula is C29H36ClN3O7S2. The number of ether oxygens (including phenoxy) is 3. The Hall–Kier alpha value is -1.90. The molecule has 2 aromatic rings. The first-order chi connectivity index (χ1) is 20.5. The first kappa shape index (κ1) is 30.1. The number of piperidine rings is 1. The molecule has 42 heavy (non-hydrogen) atoms. The number of carbonyl (C=O) groups excluding carboxylic acids is 1. The van der Waals surface area contributed by atoms with Crippen LogP contribution in [-0.2, 0) is 37.3 Å². The third-order valence-corrected chi connectivity index (χ3v) is 11.7. The van der Waals surface area contributed by atoms with Crippen molar-refractivity contribution in [1.82, 2.24) is 9.03 Å². The molecule has 4 bridgehead atoms. The van der Waals surface area contributed by atoms with Gasteiger partial charge in [-0.1, -0.05) is 29.6 Å². The third kappa shape index (κ3) is 6.18. The molecule has 3 unspecified atom stereocenters. The fraction of sp³-hybridized carbons (Fsp3) is 0.552. The van der Waals surface area contributed by atoms with E-state index in [9.17, 15) is 9.00 Å². The average molecular weight is 638 g/mol. The van der Waals surface area contributed by atoms with E-state index in [1.54, 1.807) is 6.07 Å². The Kier molecular flexibility index (Phi) is 9.32. The Balaban J connectivity index is 0.00000155. The van der Waals surface area contributed by atoms with Crippen molar-refractivity contribution in [3.8, 4) is 5.75 Å². The molecule has 1 saturated carbocycles. The Bertz CT molecular complexity index is 1330. The lowest BCUT2D eigenvalue weighted by Crippen LogP contribution is -2.51. The van der Waals surface area contributed by atoms with Gasteiger partial charge >= 0.3 is 0 Å². The molecule has 1 aliphatic carbocycles. The summed E-state index contributed by atoms with van der Waals surface area (Å²) >= 11 is 8.37. The molecule has 0 radical (unpaired) electrons. The topological polar surface area (TPSA) is 121 Å². The van der Waals surface area contributed by atoms with Crippen molar-refractivity contribution in [2.75, 3.05) is 50.9 Å². The van der Waals surface area contributed by atoms with Gasteiger partial charge in [-0.05, 0) is 79.5 Å². The maximum Gasteiger partial charge on any atom is 0.257 e. The molecule has 228 valence electrons. The Morgan fingerprint density at radius 2 is 1.93 bits per heavy atom. The van der Waals surface area contributed by atoms with Gasteiger partial charge in [0.05, 0.1) is 29.8 Å². The van der Waals surface area contributed by atoms with Gasteiger partial charge in [0.25, 0.3) is 5.91 Å². The van der Waals surface area contributed by atoms with Crippen molar-refractivity contribution in [3.05, 3.63) is 52.5 Å². The lowest BCUT2D eigenvalue weighted by atomic mass is 9.82. The fourth-order valence-electron chi connectivity index (χ4n) is 6.53. The Labute approximate surface area is 257 Å². The molecule has 5 heterocycles.